The molecule has 1 aromatic rings. The first-order valence-corrected chi connectivity index (χ1v) is 8.36. The topological polar surface area (TPSA) is 57.7 Å². The van der Waals surface area contributed by atoms with Crippen LogP contribution in [-0.2, 0) is 14.4 Å². The molecule has 0 spiro atoms. The van der Waals surface area contributed by atoms with Gasteiger partial charge in [0.25, 0.3) is 0 Å². The maximum absolute atomic E-state index is 12.8. The minimum atomic E-state index is -0.224. The highest BCUT2D eigenvalue weighted by atomic mass is 16.2. The van der Waals surface area contributed by atoms with Gasteiger partial charge in [0.1, 0.15) is 6.67 Å². The normalized spacial score (nSPS) is 30.2. The molecule has 4 atom stereocenters. The summed E-state index contributed by atoms with van der Waals surface area (Å²) in [6.45, 7) is 3.38. The Morgan fingerprint density at radius 3 is 2.25 bits per heavy atom. The summed E-state index contributed by atoms with van der Waals surface area (Å²) in [7, 11) is 0. The zero-order valence-electron chi connectivity index (χ0n) is 13.8. The first-order chi connectivity index (χ1) is 11.5. The third-order valence-corrected chi connectivity index (χ3v) is 5.63. The molecular formula is C19H20N2O3. The lowest BCUT2D eigenvalue weighted by atomic mass is 9.85. The van der Waals surface area contributed by atoms with Gasteiger partial charge in [-0.1, -0.05) is 30.4 Å². The molecule has 0 N–H and O–H groups in total. The summed E-state index contributed by atoms with van der Waals surface area (Å²) in [6, 6.07) is 7.51. The first-order valence-electron chi connectivity index (χ1n) is 8.36. The second kappa shape index (κ2) is 5.30. The van der Waals surface area contributed by atoms with E-state index in [0.717, 1.165) is 17.7 Å². The van der Waals surface area contributed by atoms with Gasteiger partial charge in [-0.3, -0.25) is 24.2 Å². The van der Waals surface area contributed by atoms with E-state index < -0.39 is 0 Å². The average Bonchev–Trinajstić information content (AvgIpc) is 3.22. The molecule has 1 aliphatic heterocycles. The van der Waals surface area contributed by atoms with Crippen molar-refractivity contribution in [2.24, 2.45) is 23.7 Å². The van der Waals surface area contributed by atoms with Crippen LogP contribution >= 0.6 is 0 Å². The van der Waals surface area contributed by atoms with Crippen LogP contribution in [0.5, 0.6) is 0 Å². The van der Waals surface area contributed by atoms with Crippen molar-refractivity contribution in [1.82, 2.24) is 4.90 Å². The number of hydrogen-bond acceptors (Lipinski definition) is 3. The number of rotatable bonds is 3. The van der Waals surface area contributed by atoms with Gasteiger partial charge in [0.15, 0.2) is 0 Å². The highest BCUT2D eigenvalue weighted by Gasteiger charge is 2.59. The number of allylic oxidation sites excluding steroid dienone is 2. The second-order valence-electron chi connectivity index (χ2n) is 6.98. The van der Waals surface area contributed by atoms with Crippen LogP contribution in [0.3, 0.4) is 0 Å². The molecule has 2 aliphatic carbocycles. The van der Waals surface area contributed by atoms with E-state index in [2.05, 4.69) is 12.2 Å². The van der Waals surface area contributed by atoms with E-state index in [1.165, 1.54) is 16.7 Å². The van der Waals surface area contributed by atoms with Gasteiger partial charge in [-0.2, -0.15) is 0 Å². The Morgan fingerprint density at radius 1 is 1.12 bits per heavy atom. The second-order valence-corrected chi connectivity index (χ2v) is 6.98. The molecule has 4 rings (SSSR count). The van der Waals surface area contributed by atoms with Crippen LogP contribution in [0.15, 0.2) is 36.4 Å². The van der Waals surface area contributed by atoms with Crippen molar-refractivity contribution in [2.45, 2.75) is 20.3 Å². The van der Waals surface area contributed by atoms with E-state index in [1.54, 1.807) is 0 Å². The quantitative estimate of drug-likeness (QED) is 0.632. The number of imide groups is 1. The highest BCUT2D eigenvalue weighted by molar-refractivity contribution is 6.07. The van der Waals surface area contributed by atoms with Crippen molar-refractivity contribution in [3.63, 3.8) is 0 Å². The highest BCUT2D eigenvalue weighted by Crippen LogP contribution is 2.52. The first kappa shape index (κ1) is 15.1. The molecular weight excluding hydrogens is 304 g/mol. The Hall–Kier alpha value is -2.43. The van der Waals surface area contributed by atoms with Crippen LogP contribution in [-0.4, -0.2) is 29.3 Å². The molecule has 0 unspecified atom stereocenters. The molecule has 0 aromatic heterocycles. The van der Waals surface area contributed by atoms with E-state index in [0.29, 0.717) is 0 Å². The molecule has 0 radical (unpaired) electrons. The molecule has 24 heavy (non-hydrogen) atoms. The Morgan fingerprint density at radius 2 is 1.71 bits per heavy atom. The summed E-state index contributed by atoms with van der Waals surface area (Å²) >= 11 is 0. The number of nitrogens with zero attached hydrogens (tertiary/aromatic N) is 2. The number of anilines is 1. The monoisotopic (exact) mass is 324 g/mol. The number of carbonyl (C=O) groups excluding carboxylic acids is 3. The summed E-state index contributed by atoms with van der Waals surface area (Å²) in [5, 5.41) is 0. The summed E-state index contributed by atoms with van der Waals surface area (Å²) in [5.74, 6) is -0.501. The van der Waals surface area contributed by atoms with Crippen molar-refractivity contribution < 1.29 is 14.4 Å². The van der Waals surface area contributed by atoms with Gasteiger partial charge in [0, 0.05) is 12.6 Å². The van der Waals surface area contributed by atoms with Gasteiger partial charge >= 0.3 is 0 Å². The number of fused-ring (bicyclic) bond motifs is 5. The van der Waals surface area contributed by atoms with Crippen LogP contribution in [0.4, 0.5) is 5.69 Å². The fraction of sp³-hybridized carbons (Fsp3) is 0.421. The smallest absolute Gasteiger partial charge is 0.235 e. The van der Waals surface area contributed by atoms with Gasteiger partial charge < -0.3 is 0 Å². The number of benzene rings is 1. The third-order valence-electron chi connectivity index (χ3n) is 5.63. The van der Waals surface area contributed by atoms with Crippen molar-refractivity contribution >= 4 is 23.4 Å². The molecule has 5 heteroatoms. The maximum atomic E-state index is 12.8. The van der Waals surface area contributed by atoms with Crippen molar-refractivity contribution in [3.8, 4) is 0 Å². The van der Waals surface area contributed by atoms with E-state index in [1.807, 2.05) is 31.2 Å². The van der Waals surface area contributed by atoms with Gasteiger partial charge in [-0.05, 0) is 36.8 Å². The Kier molecular flexibility index (Phi) is 3.34. The zero-order chi connectivity index (χ0) is 17.0. The van der Waals surface area contributed by atoms with Crippen molar-refractivity contribution in [3.05, 3.63) is 42.0 Å². The summed E-state index contributed by atoms with van der Waals surface area (Å²) < 4.78 is 0. The summed E-state index contributed by atoms with van der Waals surface area (Å²) in [6.07, 6.45) is 5.06. The van der Waals surface area contributed by atoms with E-state index in [-0.39, 0.29) is 48.1 Å². The van der Waals surface area contributed by atoms with Crippen LogP contribution < -0.4 is 4.90 Å². The van der Waals surface area contributed by atoms with Gasteiger partial charge in [0.05, 0.1) is 11.8 Å². The number of carbonyl (C=O) groups is 3. The Balaban J connectivity index is 1.62. The molecule has 3 aliphatic rings. The van der Waals surface area contributed by atoms with E-state index >= 15 is 0 Å². The average molecular weight is 324 g/mol. The largest absolute Gasteiger partial charge is 0.294 e. The molecule has 1 saturated carbocycles. The summed E-state index contributed by atoms with van der Waals surface area (Å²) in [4.78, 5) is 40.5. The van der Waals surface area contributed by atoms with Crippen LogP contribution in [0.2, 0.25) is 0 Å². The molecule has 1 heterocycles. The predicted molar refractivity (Wildman–Crippen MR) is 88.8 cm³/mol. The standard InChI is InChI=1S/C19H20N2O3/c1-11-5-3-4-6-15(11)20(12(2)22)10-21-18(23)16-13-7-8-14(9-13)17(16)19(21)24/h3-8,13-14,16-17H,9-10H2,1-2H3/t13-,14+,16-,17+. The SMILES string of the molecule is CC(=O)N(CN1C(=O)[C@@H]2[C@H](C1=O)[C@@H]1C=C[C@H]2C1)c1ccccc1C. The number of para-hydroxylation sites is 1. The number of hydrogen-bond donors (Lipinski definition) is 0. The predicted octanol–water partition coefficient (Wildman–Crippen LogP) is 2.11. The van der Waals surface area contributed by atoms with Gasteiger partial charge in [-0.15, -0.1) is 0 Å². The van der Waals surface area contributed by atoms with Crippen LogP contribution in [0.25, 0.3) is 0 Å². The lowest BCUT2D eigenvalue weighted by Gasteiger charge is -2.28. The Bertz CT molecular complexity index is 740. The molecule has 2 bridgehead atoms. The number of aryl methyl sites for hydroxylation is 1. The number of likely N-dealkylation sites (tertiary alicyclic amines) is 1. The zero-order valence-corrected chi connectivity index (χ0v) is 13.8. The van der Waals surface area contributed by atoms with E-state index in [4.69, 9.17) is 0 Å². The molecule has 124 valence electrons. The van der Waals surface area contributed by atoms with Crippen LogP contribution in [0, 0.1) is 30.6 Å². The lowest BCUT2D eigenvalue weighted by molar-refractivity contribution is -0.140. The lowest BCUT2D eigenvalue weighted by Crippen LogP contribution is -2.45. The molecule has 3 amide bonds. The van der Waals surface area contributed by atoms with Crippen LogP contribution in [0.1, 0.15) is 18.9 Å². The maximum Gasteiger partial charge on any atom is 0.235 e. The molecule has 1 saturated heterocycles. The fourth-order valence-corrected chi connectivity index (χ4v) is 4.46. The van der Waals surface area contributed by atoms with Crippen molar-refractivity contribution in [1.29, 1.82) is 0 Å². The van der Waals surface area contributed by atoms with Gasteiger partial charge in [-0.25, -0.2) is 0 Å². The molecule has 1 aromatic carbocycles. The summed E-state index contributed by atoms with van der Waals surface area (Å²) in [5.41, 5.74) is 1.68. The Labute approximate surface area is 140 Å². The third kappa shape index (κ3) is 2.04. The van der Waals surface area contributed by atoms with Crippen molar-refractivity contribution in [2.75, 3.05) is 11.6 Å². The minimum absolute atomic E-state index is 0.00426. The fourth-order valence-electron chi connectivity index (χ4n) is 4.46. The van der Waals surface area contributed by atoms with E-state index in [9.17, 15) is 14.4 Å². The van der Waals surface area contributed by atoms with Gasteiger partial charge in [0.2, 0.25) is 17.7 Å². The number of amides is 3. The minimum Gasteiger partial charge on any atom is -0.294 e. The molecule has 2 fully saturated rings. The molecule has 5 nitrogen and oxygen atoms in total.